The van der Waals surface area contributed by atoms with Crippen LogP contribution in [0.15, 0.2) is 78.9 Å². The van der Waals surface area contributed by atoms with Crippen LogP contribution in [-0.4, -0.2) is 41.3 Å². The Morgan fingerprint density at radius 3 is 2.31 bits per heavy atom. The predicted octanol–water partition coefficient (Wildman–Crippen LogP) is 5.63. The van der Waals surface area contributed by atoms with Crippen molar-refractivity contribution < 1.29 is 14.3 Å². The van der Waals surface area contributed by atoms with Gasteiger partial charge in [-0.2, -0.15) is 0 Å². The third-order valence-corrected chi connectivity index (χ3v) is 6.80. The number of carbonyl (C=O) groups excluding carboxylic acids is 2. The van der Waals surface area contributed by atoms with Gasteiger partial charge in [0, 0.05) is 26.1 Å². The quantitative estimate of drug-likeness (QED) is 0.416. The molecule has 1 aliphatic rings. The van der Waals surface area contributed by atoms with E-state index in [0.717, 1.165) is 23.1 Å². The Labute approximate surface area is 214 Å². The number of rotatable bonds is 8. The van der Waals surface area contributed by atoms with Crippen LogP contribution in [-0.2, 0) is 22.6 Å². The molecule has 2 atom stereocenters. The van der Waals surface area contributed by atoms with E-state index in [1.165, 1.54) is 5.56 Å². The molecule has 0 saturated heterocycles. The highest BCUT2D eigenvalue weighted by Crippen LogP contribution is 2.38. The lowest BCUT2D eigenvalue weighted by Gasteiger charge is -2.39. The topological polar surface area (TPSA) is 49.9 Å². The standard InChI is InChI=1S/C31H36N2O3/c1-5-28(31(35)32(4)21-23-12-8-6-9-13-23)36-26-17-16-24-18-19-33(30(34)22(2)3)29(27(24)20-26)25-14-10-7-11-15-25/h6-17,20,22,28-29H,5,18-19,21H2,1-4H3. The van der Waals surface area contributed by atoms with E-state index < -0.39 is 6.10 Å². The summed E-state index contributed by atoms with van der Waals surface area (Å²) in [4.78, 5) is 30.1. The number of nitrogens with zero attached hydrogens (tertiary/aromatic N) is 2. The predicted molar refractivity (Wildman–Crippen MR) is 143 cm³/mol. The lowest BCUT2D eigenvalue weighted by Crippen LogP contribution is -2.42. The first-order valence-electron chi connectivity index (χ1n) is 12.8. The Bertz CT molecular complexity index is 1180. The molecule has 3 aromatic carbocycles. The zero-order valence-electron chi connectivity index (χ0n) is 21.7. The van der Waals surface area contributed by atoms with Crippen molar-refractivity contribution in [1.29, 1.82) is 0 Å². The third kappa shape index (κ3) is 5.62. The molecule has 0 fully saturated rings. The molecule has 0 aliphatic carbocycles. The number of fused-ring (bicyclic) bond motifs is 1. The molecule has 36 heavy (non-hydrogen) atoms. The van der Waals surface area contributed by atoms with Gasteiger partial charge >= 0.3 is 0 Å². The Balaban J connectivity index is 1.60. The van der Waals surface area contributed by atoms with Gasteiger partial charge in [0.2, 0.25) is 5.91 Å². The van der Waals surface area contributed by atoms with E-state index in [2.05, 4.69) is 18.2 Å². The fourth-order valence-electron chi connectivity index (χ4n) is 4.88. The van der Waals surface area contributed by atoms with E-state index >= 15 is 0 Å². The minimum Gasteiger partial charge on any atom is -0.481 e. The molecule has 4 rings (SSSR count). The van der Waals surface area contributed by atoms with Gasteiger partial charge in [0.05, 0.1) is 6.04 Å². The summed E-state index contributed by atoms with van der Waals surface area (Å²) < 4.78 is 6.28. The molecule has 5 nitrogen and oxygen atoms in total. The lowest BCUT2D eigenvalue weighted by atomic mass is 9.87. The number of ether oxygens (including phenoxy) is 1. The lowest BCUT2D eigenvalue weighted by molar-refractivity contribution is -0.138. The monoisotopic (exact) mass is 484 g/mol. The molecular formula is C31H36N2O3. The number of likely N-dealkylation sites (N-methyl/N-ethyl adjacent to an activating group) is 1. The molecule has 0 aromatic heterocycles. The maximum Gasteiger partial charge on any atom is 0.263 e. The molecule has 0 spiro atoms. The summed E-state index contributed by atoms with van der Waals surface area (Å²) in [5, 5.41) is 0. The van der Waals surface area contributed by atoms with Crippen LogP contribution < -0.4 is 4.74 Å². The second kappa shape index (κ2) is 11.4. The Morgan fingerprint density at radius 1 is 1.00 bits per heavy atom. The summed E-state index contributed by atoms with van der Waals surface area (Å²) in [7, 11) is 1.81. The van der Waals surface area contributed by atoms with Gasteiger partial charge in [-0.1, -0.05) is 87.5 Å². The van der Waals surface area contributed by atoms with Crippen LogP contribution in [0.1, 0.15) is 55.5 Å². The molecule has 1 heterocycles. The van der Waals surface area contributed by atoms with E-state index in [9.17, 15) is 9.59 Å². The number of amides is 2. The number of carbonyl (C=O) groups is 2. The van der Waals surface area contributed by atoms with Gasteiger partial charge in [0.1, 0.15) is 5.75 Å². The van der Waals surface area contributed by atoms with Crippen molar-refractivity contribution in [2.24, 2.45) is 5.92 Å². The van der Waals surface area contributed by atoms with Gasteiger partial charge in [-0.3, -0.25) is 9.59 Å². The summed E-state index contributed by atoms with van der Waals surface area (Å²) in [5.74, 6) is 0.668. The van der Waals surface area contributed by atoms with Gasteiger partial charge in [-0.05, 0) is 47.2 Å². The summed E-state index contributed by atoms with van der Waals surface area (Å²) in [5.41, 5.74) is 4.44. The molecule has 3 aromatic rings. The molecular weight excluding hydrogens is 448 g/mol. The second-order valence-electron chi connectivity index (χ2n) is 9.80. The van der Waals surface area contributed by atoms with Crippen LogP contribution >= 0.6 is 0 Å². The highest BCUT2D eigenvalue weighted by Gasteiger charge is 2.33. The van der Waals surface area contributed by atoms with Crippen molar-refractivity contribution in [3.05, 3.63) is 101 Å². The van der Waals surface area contributed by atoms with Crippen molar-refractivity contribution in [2.45, 2.75) is 52.3 Å². The molecule has 1 aliphatic heterocycles. The number of benzene rings is 3. The van der Waals surface area contributed by atoms with E-state index in [-0.39, 0.29) is 23.8 Å². The van der Waals surface area contributed by atoms with E-state index in [0.29, 0.717) is 25.3 Å². The van der Waals surface area contributed by atoms with Crippen molar-refractivity contribution in [1.82, 2.24) is 9.80 Å². The molecule has 2 unspecified atom stereocenters. The molecule has 5 heteroatoms. The summed E-state index contributed by atoms with van der Waals surface area (Å²) in [6, 6.07) is 26.0. The van der Waals surface area contributed by atoms with Crippen molar-refractivity contribution >= 4 is 11.8 Å². The maximum absolute atomic E-state index is 13.2. The van der Waals surface area contributed by atoms with Crippen molar-refractivity contribution in [3.63, 3.8) is 0 Å². The van der Waals surface area contributed by atoms with Gasteiger partial charge in [-0.15, -0.1) is 0 Å². The summed E-state index contributed by atoms with van der Waals surface area (Å²) >= 11 is 0. The maximum atomic E-state index is 13.2. The molecule has 0 radical (unpaired) electrons. The third-order valence-electron chi connectivity index (χ3n) is 6.80. The molecule has 0 N–H and O–H groups in total. The Morgan fingerprint density at radius 2 is 1.67 bits per heavy atom. The number of hydrogen-bond acceptors (Lipinski definition) is 3. The summed E-state index contributed by atoms with van der Waals surface area (Å²) in [6.07, 6.45) is 0.784. The first-order valence-corrected chi connectivity index (χ1v) is 12.8. The minimum atomic E-state index is -0.580. The zero-order chi connectivity index (χ0) is 25.7. The first kappa shape index (κ1) is 25.5. The van der Waals surface area contributed by atoms with Crippen LogP contribution in [0.25, 0.3) is 0 Å². The Kier molecular flexibility index (Phi) is 8.09. The molecule has 2 amide bonds. The molecule has 0 bridgehead atoms. The summed E-state index contributed by atoms with van der Waals surface area (Å²) in [6.45, 7) is 7.08. The van der Waals surface area contributed by atoms with Gasteiger partial charge in [0.25, 0.3) is 5.91 Å². The molecule has 0 saturated carbocycles. The van der Waals surface area contributed by atoms with Crippen molar-refractivity contribution in [2.75, 3.05) is 13.6 Å². The highest BCUT2D eigenvalue weighted by atomic mass is 16.5. The number of hydrogen-bond donors (Lipinski definition) is 0. The van der Waals surface area contributed by atoms with E-state index in [1.54, 1.807) is 4.90 Å². The average molecular weight is 485 g/mol. The fourth-order valence-corrected chi connectivity index (χ4v) is 4.88. The fraction of sp³-hybridized carbons (Fsp3) is 0.355. The SMILES string of the molecule is CCC(Oc1ccc2c(c1)C(c1ccccc1)N(C(=O)C(C)C)CC2)C(=O)N(C)Cc1ccccc1. The van der Waals surface area contributed by atoms with Crippen LogP contribution in [0, 0.1) is 5.92 Å². The van der Waals surface area contributed by atoms with Gasteiger partial charge in [0.15, 0.2) is 6.10 Å². The van der Waals surface area contributed by atoms with Crippen LogP contribution in [0.3, 0.4) is 0 Å². The molecule has 188 valence electrons. The van der Waals surface area contributed by atoms with Crippen LogP contribution in [0.2, 0.25) is 0 Å². The largest absolute Gasteiger partial charge is 0.481 e. The average Bonchev–Trinajstić information content (AvgIpc) is 2.91. The van der Waals surface area contributed by atoms with E-state index in [4.69, 9.17) is 4.74 Å². The first-order chi connectivity index (χ1) is 17.4. The smallest absolute Gasteiger partial charge is 0.263 e. The van der Waals surface area contributed by atoms with Crippen LogP contribution in [0.4, 0.5) is 0 Å². The van der Waals surface area contributed by atoms with Crippen LogP contribution in [0.5, 0.6) is 5.75 Å². The van der Waals surface area contributed by atoms with Crippen molar-refractivity contribution in [3.8, 4) is 5.75 Å². The van der Waals surface area contributed by atoms with Gasteiger partial charge in [-0.25, -0.2) is 0 Å². The normalized spacial score (nSPS) is 15.8. The highest BCUT2D eigenvalue weighted by molar-refractivity contribution is 5.81. The van der Waals surface area contributed by atoms with Gasteiger partial charge < -0.3 is 14.5 Å². The minimum absolute atomic E-state index is 0.0460. The Hall–Kier alpha value is -3.60. The second-order valence-corrected chi connectivity index (χ2v) is 9.80. The zero-order valence-corrected chi connectivity index (χ0v) is 21.7. The van der Waals surface area contributed by atoms with E-state index in [1.807, 2.05) is 93.4 Å².